The summed E-state index contributed by atoms with van der Waals surface area (Å²) in [6, 6.07) is 0. The lowest BCUT2D eigenvalue weighted by molar-refractivity contribution is -0.167. The molecule has 0 fully saturated rings. The van der Waals surface area contributed by atoms with Crippen LogP contribution < -0.4 is 0 Å². The van der Waals surface area contributed by atoms with Gasteiger partial charge in [0.2, 0.25) is 0 Å². The van der Waals surface area contributed by atoms with Crippen molar-refractivity contribution in [1.29, 1.82) is 0 Å². The van der Waals surface area contributed by atoms with Gasteiger partial charge in [-0.1, -0.05) is 318 Å². The molecule has 0 radical (unpaired) electrons. The van der Waals surface area contributed by atoms with Crippen molar-refractivity contribution in [2.75, 3.05) is 13.2 Å². The number of carbonyl (C=O) groups excluding carboxylic acids is 3. The second kappa shape index (κ2) is 71.1. The summed E-state index contributed by atoms with van der Waals surface area (Å²) in [5.74, 6) is -0.874. The molecule has 0 spiro atoms. The van der Waals surface area contributed by atoms with Gasteiger partial charge in [0.25, 0.3) is 0 Å². The van der Waals surface area contributed by atoms with Crippen molar-refractivity contribution in [2.45, 2.75) is 374 Å². The fourth-order valence-electron chi connectivity index (χ4n) is 10.5. The molecule has 0 rings (SSSR count). The first-order chi connectivity index (χ1) is 41.0. The summed E-state index contributed by atoms with van der Waals surface area (Å²) in [7, 11) is 0. The largest absolute Gasteiger partial charge is 0.462 e. The molecule has 0 saturated carbocycles. The smallest absolute Gasteiger partial charge is 0.306 e. The van der Waals surface area contributed by atoms with Crippen LogP contribution in [0.2, 0.25) is 0 Å². The third-order valence-corrected chi connectivity index (χ3v) is 15.9. The Balaban J connectivity index is 4.27. The lowest BCUT2D eigenvalue weighted by Gasteiger charge is -2.18. The second-order valence-corrected chi connectivity index (χ2v) is 24.1. The summed E-state index contributed by atoms with van der Waals surface area (Å²) in [5, 5.41) is 0. The van der Waals surface area contributed by atoms with Crippen molar-refractivity contribution >= 4 is 17.9 Å². The molecule has 0 aromatic carbocycles. The van der Waals surface area contributed by atoms with Crippen molar-refractivity contribution in [3.05, 3.63) is 85.1 Å². The molecule has 0 bridgehead atoms. The Kier molecular flexibility index (Phi) is 68.2. The van der Waals surface area contributed by atoms with E-state index in [2.05, 4.69) is 106 Å². The van der Waals surface area contributed by atoms with Crippen LogP contribution in [0.4, 0.5) is 0 Å². The molecule has 0 aromatic rings. The summed E-state index contributed by atoms with van der Waals surface area (Å²) < 4.78 is 17.0. The van der Waals surface area contributed by atoms with E-state index in [9.17, 15) is 14.4 Å². The molecule has 83 heavy (non-hydrogen) atoms. The Bertz CT molecular complexity index is 1570. The number of rotatable bonds is 66. The highest BCUT2D eigenvalue weighted by Crippen LogP contribution is 2.18. The van der Waals surface area contributed by atoms with Crippen molar-refractivity contribution in [3.63, 3.8) is 0 Å². The predicted molar refractivity (Wildman–Crippen MR) is 362 cm³/mol. The molecule has 0 N–H and O–H groups in total. The number of ether oxygens (including phenoxy) is 3. The number of hydrogen-bond acceptors (Lipinski definition) is 6. The van der Waals surface area contributed by atoms with Crippen molar-refractivity contribution < 1.29 is 28.6 Å². The summed E-state index contributed by atoms with van der Waals surface area (Å²) in [5.41, 5.74) is 0. The van der Waals surface area contributed by atoms with E-state index in [1.54, 1.807) is 0 Å². The van der Waals surface area contributed by atoms with Gasteiger partial charge in [-0.05, 0) is 116 Å². The molecule has 0 amide bonds. The van der Waals surface area contributed by atoms with E-state index in [1.165, 1.54) is 225 Å². The van der Waals surface area contributed by atoms with Crippen LogP contribution in [-0.2, 0) is 28.6 Å². The van der Waals surface area contributed by atoms with Crippen LogP contribution in [0, 0.1) is 0 Å². The van der Waals surface area contributed by atoms with E-state index in [1.807, 2.05) is 0 Å². The number of hydrogen-bond donors (Lipinski definition) is 0. The van der Waals surface area contributed by atoms with Crippen LogP contribution in [0.3, 0.4) is 0 Å². The van der Waals surface area contributed by atoms with Crippen LogP contribution >= 0.6 is 0 Å². The first-order valence-corrected chi connectivity index (χ1v) is 36.1. The van der Waals surface area contributed by atoms with E-state index in [0.29, 0.717) is 19.3 Å². The maximum Gasteiger partial charge on any atom is 0.306 e. The Hall–Kier alpha value is -3.41. The minimum absolute atomic E-state index is 0.0785. The molecule has 0 aromatic heterocycles. The lowest BCUT2D eigenvalue weighted by atomic mass is 10.0. The standard InChI is InChI=1S/C77H136O6/c1-4-7-10-13-16-19-22-25-28-30-32-34-35-36-37-38-39-40-41-43-44-46-49-52-55-58-61-64-67-70-76(79)82-73-74(72-81-75(78)69-66-63-60-57-54-51-48-27-24-21-18-15-12-9-6-3)83-77(80)71-68-65-62-59-56-53-50-47-45-42-33-31-29-26-23-20-17-14-11-8-5-2/h7,10,16,18-19,21,25,27-28,31-34,48,74H,4-6,8-9,11-15,17,20,22-24,26,29-30,35-47,49-73H2,1-3H3/b10-7-,19-16-,21-18-,28-25-,33-31-,34-32-,48-27-. The number of allylic oxidation sites excluding steroid dienone is 14. The zero-order valence-electron chi connectivity index (χ0n) is 55.2. The Morgan fingerprint density at radius 2 is 0.470 bits per heavy atom. The van der Waals surface area contributed by atoms with E-state index in [-0.39, 0.29) is 31.1 Å². The van der Waals surface area contributed by atoms with E-state index in [0.717, 1.165) is 103 Å². The molecule has 0 saturated heterocycles. The Morgan fingerprint density at radius 1 is 0.253 bits per heavy atom. The molecule has 0 heterocycles. The summed E-state index contributed by atoms with van der Waals surface area (Å²) in [4.78, 5) is 38.5. The SMILES string of the molecule is CC/C=C\C/C=C\C/C=C\C/C=C\CCCCCCCCCCCCCCCCCCC(=O)OCC(COC(=O)CCCCCCC/C=C\C/C=C\CCCCC)OC(=O)CCCCCCCCCCC/C=C\CCCCCCCCCC. The summed E-state index contributed by atoms with van der Waals surface area (Å²) in [6.07, 6.45) is 94.7. The van der Waals surface area contributed by atoms with Gasteiger partial charge in [-0.15, -0.1) is 0 Å². The highest BCUT2D eigenvalue weighted by Gasteiger charge is 2.19. The summed E-state index contributed by atoms with van der Waals surface area (Å²) >= 11 is 0. The molecular weight excluding hydrogens is 1020 g/mol. The van der Waals surface area contributed by atoms with Gasteiger partial charge in [0.15, 0.2) is 6.10 Å². The number of unbranched alkanes of at least 4 members (excludes halogenated alkanes) is 41. The van der Waals surface area contributed by atoms with E-state index < -0.39 is 6.10 Å². The van der Waals surface area contributed by atoms with Crippen LogP contribution in [0.25, 0.3) is 0 Å². The molecule has 1 unspecified atom stereocenters. The van der Waals surface area contributed by atoms with Crippen LogP contribution in [0.1, 0.15) is 367 Å². The van der Waals surface area contributed by atoms with Gasteiger partial charge in [-0.25, -0.2) is 0 Å². The van der Waals surface area contributed by atoms with Gasteiger partial charge in [0.1, 0.15) is 13.2 Å². The number of esters is 3. The minimum Gasteiger partial charge on any atom is -0.462 e. The molecule has 1 atom stereocenters. The monoisotopic (exact) mass is 1160 g/mol. The van der Waals surface area contributed by atoms with Gasteiger partial charge in [0.05, 0.1) is 0 Å². The van der Waals surface area contributed by atoms with Crippen LogP contribution in [0.15, 0.2) is 85.1 Å². The highest BCUT2D eigenvalue weighted by atomic mass is 16.6. The van der Waals surface area contributed by atoms with Crippen LogP contribution in [-0.4, -0.2) is 37.2 Å². The molecule has 0 aliphatic rings. The molecule has 0 aliphatic carbocycles. The molecular formula is C77H136O6. The third-order valence-electron chi connectivity index (χ3n) is 15.9. The fraction of sp³-hybridized carbons (Fsp3) is 0.779. The van der Waals surface area contributed by atoms with Gasteiger partial charge in [-0.2, -0.15) is 0 Å². The average Bonchev–Trinajstić information content (AvgIpc) is 3.49. The zero-order valence-corrected chi connectivity index (χ0v) is 55.2. The summed E-state index contributed by atoms with van der Waals surface area (Å²) in [6.45, 7) is 6.54. The fourth-order valence-corrected chi connectivity index (χ4v) is 10.5. The average molecular weight is 1160 g/mol. The minimum atomic E-state index is -0.784. The molecule has 0 aliphatic heterocycles. The van der Waals surface area contributed by atoms with Gasteiger partial charge < -0.3 is 14.2 Å². The first-order valence-electron chi connectivity index (χ1n) is 36.1. The van der Waals surface area contributed by atoms with Crippen molar-refractivity contribution in [2.24, 2.45) is 0 Å². The molecule has 480 valence electrons. The second-order valence-electron chi connectivity index (χ2n) is 24.1. The maximum atomic E-state index is 13.0. The Morgan fingerprint density at radius 3 is 0.771 bits per heavy atom. The normalized spacial score (nSPS) is 12.6. The predicted octanol–water partition coefficient (Wildman–Crippen LogP) is 25.0. The number of carbonyl (C=O) groups is 3. The van der Waals surface area contributed by atoms with Crippen LogP contribution in [0.5, 0.6) is 0 Å². The Labute approximate surface area is 515 Å². The molecule has 6 nitrogen and oxygen atoms in total. The van der Waals surface area contributed by atoms with E-state index in [4.69, 9.17) is 14.2 Å². The van der Waals surface area contributed by atoms with Gasteiger partial charge in [0, 0.05) is 19.3 Å². The first kappa shape index (κ1) is 79.6. The highest BCUT2D eigenvalue weighted by molar-refractivity contribution is 5.71. The van der Waals surface area contributed by atoms with Crippen molar-refractivity contribution in [1.82, 2.24) is 0 Å². The third kappa shape index (κ3) is 69.3. The quantitative estimate of drug-likeness (QED) is 0.0261. The van der Waals surface area contributed by atoms with Gasteiger partial charge >= 0.3 is 17.9 Å². The van der Waals surface area contributed by atoms with E-state index >= 15 is 0 Å². The van der Waals surface area contributed by atoms with Gasteiger partial charge in [-0.3, -0.25) is 14.4 Å². The zero-order chi connectivity index (χ0) is 59.9. The maximum absolute atomic E-state index is 13.0. The topological polar surface area (TPSA) is 78.9 Å². The van der Waals surface area contributed by atoms with Crippen molar-refractivity contribution in [3.8, 4) is 0 Å². The molecule has 6 heteroatoms. The lowest BCUT2D eigenvalue weighted by Crippen LogP contribution is -2.30.